The largest absolute Gasteiger partial charge is 0.459 e. The Hall–Kier alpha value is -3.28. The van der Waals surface area contributed by atoms with Crippen LogP contribution in [0.4, 0.5) is 0 Å². The number of hydrogen-bond acceptors (Lipinski definition) is 3. The Bertz CT molecular complexity index is 955. The molecule has 0 aliphatic heterocycles. The summed E-state index contributed by atoms with van der Waals surface area (Å²) in [5, 5.41) is 5.55. The van der Waals surface area contributed by atoms with Crippen LogP contribution in [0.2, 0.25) is 0 Å². The highest BCUT2D eigenvalue weighted by molar-refractivity contribution is 5.96. The van der Waals surface area contributed by atoms with Crippen molar-refractivity contribution in [2.45, 2.75) is 20.8 Å². The molecule has 6 nitrogen and oxygen atoms in total. The Balaban J connectivity index is 1.63. The first-order valence-corrected chi connectivity index (χ1v) is 8.84. The van der Waals surface area contributed by atoms with Crippen molar-refractivity contribution in [2.24, 2.45) is 0 Å². The van der Waals surface area contributed by atoms with Crippen LogP contribution in [0, 0.1) is 20.8 Å². The van der Waals surface area contributed by atoms with E-state index in [2.05, 4.69) is 28.2 Å². The van der Waals surface area contributed by atoms with Gasteiger partial charge in [0.15, 0.2) is 5.76 Å². The molecule has 0 saturated heterocycles. The number of carbonyl (C=O) groups excluding carboxylic acids is 2. The van der Waals surface area contributed by atoms with E-state index in [-0.39, 0.29) is 17.6 Å². The lowest BCUT2D eigenvalue weighted by molar-refractivity contribution is 0.0910. The van der Waals surface area contributed by atoms with Gasteiger partial charge in [-0.1, -0.05) is 18.2 Å². The number of rotatable bonds is 6. The first-order valence-electron chi connectivity index (χ1n) is 8.84. The molecule has 2 aromatic heterocycles. The van der Waals surface area contributed by atoms with Crippen molar-refractivity contribution in [1.29, 1.82) is 0 Å². The molecule has 0 unspecified atom stereocenters. The van der Waals surface area contributed by atoms with Gasteiger partial charge in [-0.25, -0.2) is 0 Å². The molecule has 0 spiro atoms. The highest BCUT2D eigenvalue weighted by atomic mass is 16.3. The van der Waals surface area contributed by atoms with Gasteiger partial charge in [-0.2, -0.15) is 0 Å². The zero-order valence-corrected chi connectivity index (χ0v) is 15.7. The maximum Gasteiger partial charge on any atom is 0.287 e. The molecule has 2 N–H and O–H groups in total. The normalized spacial score (nSPS) is 10.6. The van der Waals surface area contributed by atoms with E-state index in [4.69, 9.17) is 4.42 Å². The minimum Gasteiger partial charge on any atom is -0.459 e. The van der Waals surface area contributed by atoms with Gasteiger partial charge in [0.1, 0.15) is 0 Å². The van der Waals surface area contributed by atoms with Gasteiger partial charge in [-0.15, -0.1) is 0 Å². The molecule has 140 valence electrons. The molecule has 2 heterocycles. The fraction of sp³-hybridized carbons (Fsp3) is 0.238. The Morgan fingerprint density at radius 3 is 2.33 bits per heavy atom. The van der Waals surface area contributed by atoms with Gasteiger partial charge in [-0.3, -0.25) is 9.59 Å². The Morgan fingerprint density at radius 2 is 1.67 bits per heavy atom. The van der Waals surface area contributed by atoms with Crippen LogP contribution in [-0.2, 0) is 0 Å². The second-order valence-corrected chi connectivity index (χ2v) is 6.40. The summed E-state index contributed by atoms with van der Waals surface area (Å²) in [7, 11) is 0. The quantitative estimate of drug-likeness (QED) is 0.659. The maximum absolute atomic E-state index is 12.6. The molecule has 6 heteroatoms. The minimum atomic E-state index is -0.299. The van der Waals surface area contributed by atoms with Crippen LogP contribution in [-0.4, -0.2) is 29.5 Å². The number of benzene rings is 1. The zero-order valence-electron chi connectivity index (χ0n) is 15.7. The number of furan rings is 1. The average molecular weight is 365 g/mol. The number of nitrogens with one attached hydrogen (secondary N) is 2. The third-order valence-corrected chi connectivity index (χ3v) is 4.47. The summed E-state index contributed by atoms with van der Waals surface area (Å²) >= 11 is 0. The summed E-state index contributed by atoms with van der Waals surface area (Å²) in [6.45, 7) is 6.63. The summed E-state index contributed by atoms with van der Waals surface area (Å²) in [6, 6.07) is 13.2. The number of aromatic nitrogens is 1. The molecule has 1 aromatic carbocycles. The molecule has 0 fully saturated rings. The Labute approximate surface area is 158 Å². The predicted molar refractivity (Wildman–Crippen MR) is 103 cm³/mol. The van der Waals surface area contributed by atoms with Crippen LogP contribution in [0.1, 0.15) is 37.9 Å². The van der Waals surface area contributed by atoms with E-state index >= 15 is 0 Å². The lowest BCUT2D eigenvalue weighted by Gasteiger charge is -2.13. The molecular weight excluding hydrogens is 342 g/mol. The number of para-hydroxylation sites is 1. The molecular formula is C21H23N3O3. The van der Waals surface area contributed by atoms with E-state index < -0.39 is 0 Å². The third-order valence-electron chi connectivity index (χ3n) is 4.47. The number of amides is 2. The molecule has 0 aliphatic rings. The molecule has 0 radical (unpaired) electrons. The second-order valence-electron chi connectivity index (χ2n) is 6.40. The fourth-order valence-electron chi connectivity index (χ4n) is 3.12. The smallest absolute Gasteiger partial charge is 0.287 e. The number of nitrogens with zero attached hydrogens (tertiary/aromatic N) is 1. The fourth-order valence-corrected chi connectivity index (χ4v) is 3.12. The molecule has 3 aromatic rings. The van der Waals surface area contributed by atoms with E-state index in [1.807, 2.05) is 38.1 Å². The SMILES string of the molecule is Cc1ccccc1-n1c(C)cc(C(=O)NCCNC(=O)c2ccco2)c1C. The van der Waals surface area contributed by atoms with E-state index in [0.717, 1.165) is 22.6 Å². The van der Waals surface area contributed by atoms with Gasteiger partial charge in [0.2, 0.25) is 0 Å². The predicted octanol–water partition coefficient (Wildman–Crippen LogP) is 3.16. The molecule has 27 heavy (non-hydrogen) atoms. The summed E-state index contributed by atoms with van der Waals surface area (Å²) < 4.78 is 7.11. The van der Waals surface area contributed by atoms with Gasteiger partial charge in [0.25, 0.3) is 11.8 Å². The van der Waals surface area contributed by atoms with Crippen molar-refractivity contribution in [3.8, 4) is 5.69 Å². The average Bonchev–Trinajstić information content (AvgIpc) is 3.28. The summed E-state index contributed by atoms with van der Waals surface area (Å²) in [4.78, 5) is 24.4. The van der Waals surface area contributed by atoms with Crippen LogP contribution in [0.15, 0.2) is 53.1 Å². The van der Waals surface area contributed by atoms with Crippen molar-refractivity contribution in [2.75, 3.05) is 13.1 Å². The van der Waals surface area contributed by atoms with Crippen LogP contribution in [0.5, 0.6) is 0 Å². The van der Waals surface area contributed by atoms with Gasteiger partial charge >= 0.3 is 0 Å². The number of aryl methyl sites for hydroxylation is 2. The van der Waals surface area contributed by atoms with Gasteiger partial charge in [0, 0.05) is 30.2 Å². The van der Waals surface area contributed by atoms with E-state index in [1.165, 1.54) is 6.26 Å². The molecule has 0 saturated carbocycles. The second kappa shape index (κ2) is 7.95. The van der Waals surface area contributed by atoms with E-state index in [1.54, 1.807) is 12.1 Å². The molecule has 0 bridgehead atoms. The van der Waals surface area contributed by atoms with Crippen molar-refractivity contribution < 1.29 is 14.0 Å². The highest BCUT2D eigenvalue weighted by Crippen LogP contribution is 2.23. The number of carbonyl (C=O) groups is 2. The minimum absolute atomic E-state index is 0.157. The molecule has 2 amide bonds. The standard InChI is InChI=1S/C21H23N3O3/c1-14-7-4-5-8-18(14)24-15(2)13-17(16(24)3)20(25)22-10-11-23-21(26)19-9-6-12-27-19/h4-9,12-13H,10-11H2,1-3H3,(H,22,25)(H,23,26). The third kappa shape index (κ3) is 3.95. The van der Waals surface area contributed by atoms with Crippen LogP contribution >= 0.6 is 0 Å². The first kappa shape index (κ1) is 18.5. The summed E-state index contributed by atoms with van der Waals surface area (Å²) in [6.07, 6.45) is 1.45. The van der Waals surface area contributed by atoms with Crippen molar-refractivity contribution >= 4 is 11.8 Å². The van der Waals surface area contributed by atoms with Crippen LogP contribution < -0.4 is 10.6 Å². The Morgan fingerprint density at radius 1 is 0.963 bits per heavy atom. The first-order chi connectivity index (χ1) is 13.0. The monoisotopic (exact) mass is 365 g/mol. The van der Waals surface area contributed by atoms with Gasteiger partial charge in [-0.05, 0) is 50.6 Å². The van der Waals surface area contributed by atoms with Gasteiger partial charge < -0.3 is 19.6 Å². The molecule has 0 aliphatic carbocycles. The molecule has 0 atom stereocenters. The van der Waals surface area contributed by atoms with Crippen molar-refractivity contribution in [3.63, 3.8) is 0 Å². The zero-order chi connectivity index (χ0) is 19.4. The van der Waals surface area contributed by atoms with Crippen LogP contribution in [0.3, 0.4) is 0 Å². The Kier molecular flexibility index (Phi) is 5.45. The van der Waals surface area contributed by atoms with Crippen LogP contribution in [0.25, 0.3) is 5.69 Å². The lowest BCUT2D eigenvalue weighted by atomic mass is 10.2. The maximum atomic E-state index is 12.6. The topological polar surface area (TPSA) is 76.3 Å². The van der Waals surface area contributed by atoms with Crippen molar-refractivity contribution in [3.05, 3.63) is 77.0 Å². The van der Waals surface area contributed by atoms with E-state index in [0.29, 0.717) is 18.7 Å². The highest BCUT2D eigenvalue weighted by Gasteiger charge is 2.17. The number of hydrogen-bond donors (Lipinski definition) is 2. The van der Waals surface area contributed by atoms with Gasteiger partial charge in [0.05, 0.1) is 11.8 Å². The van der Waals surface area contributed by atoms with Crippen molar-refractivity contribution in [1.82, 2.24) is 15.2 Å². The summed E-state index contributed by atoms with van der Waals surface area (Å²) in [5.41, 5.74) is 4.73. The lowest BCUT2D eigenvalue weighted by Crippen LogP contribution is -2.34. The summed E-state index contributed by atoms with van der Waals surface area (Å²) in [5.74, 6) is -0.203. The molecule has 3 rings (SSSR count). The van der Waals surface area contributed by atoms with E-state index in [9.17, 15) is 9.59 Å².